The molecule has 3 heteroatoms. The molecule has 1 aliphatic carbocycles. The third kappa shape index (κ3) is 1.85. The van der Waals surface area contributed by atoms with E-state index in [9.17, 15) is 9.90 Å². The first-order chi connectivity index (χ1) is 5.87. The predicted octanol–water partition coefficient (Wildman–Crippen LogP) is 1.50. The van der Waals surface area contributed by atoms with Crippen molar-refractivity contribution < 1.29 is 15.0 Å². The van der Waals surface area contributed by atoms with Gasteiger partial charge in [0.15, 0.2) is 0 Å². The highest BCUT2D eigenvalue weighted by Gasteiger charge is 2.50. The standard InChI is InChI=1S/C10H18O3/c1-6(2)7(3)10(13)4-8(5-10)9(11)12/h6-8,13H,4-5H2,1-3H3,(H,11,12). The smallest absolute Gasteiger partial charge is 0.306 e. The molecule has 0 saturated heterocycles. The molecule has 1 aliphatic rings. The zero-order chi connectivity index (χ0) is 10.2. The molecule has 3 nitrogen and oxygen atoms in total. The van der Waals surface area contributed by atoms with Crippen molar-refractivity contribution in [3.63, 3.8) is 0 Å². The van der Waals surface area contributed by atoms with E-state index in [-0.39, 0.29) is 11.8 Å². The van der Waals surface area contributed by atoms with Gasteiger partial charge in [0.1, 0.15) is 0 Å². The van der Waals surface area contributed by atoms with Crippen LogP contribution in [0.5, 0.6) is 0 Å². The van der Waals surface area contributed by atoms with Crippen LogP contribution in [0.1, 0.15) is 33.6 Å². The molecule has 1 unspecified atom stereocenters. The lowest BCUT2D eigenvalue weighted by Gasteiger charge is -2.47. The minimum absolute atomic E-state index is 0.183. The predicted molar refractivity (Wildman–Crippen MR) is 49.3 cm³/mol. The topological polar surface area (TPSA) is 57.5 Å². The van der Waals surface area contributed by atoms with E-state index in [2.05, 4.69) is 13.8 Å². The summed E-state index contributed by atoms with van der Waals surface area (Å²) in [5.74, 6) is -0.519. The minimum Gasteiger partial charge on any atom is -0.481 e. The summed E-state index contributed by atoms with van der Waals surface area (Å²) in [6.45, 7) is 6.09. The fourth-order valence-corrected chi connectivity index (χ4v) is 1.96. The van der Waals surface area contributed by atoms with Crippen LogP contribution in [0.15, 0.2) is 0 Å². The molecule has 1 saturated carbocycles. The first-order valence-corrected chi connectivity index (χ1v) is 4.82. The zero-order valence-corrected chi connectivity index (χ0v) is 8.45. The number of carboxylic acid groups (broad SMARTS) is 1. The summed E-state index contributed by atoms with van der Waals surface area (Å²) in [5, 5.41) is 18.7. The van der Waals surface area contributed by atoms with Gasteiger partial charge in [0.05, 0.1) is 11.5 Å². The molecule has 0 aromatic carbocycles. The van der Waals surface area contributed by atoms with Crippen LogP contribution in [0.25, 0.3) is 0 Å². The Morgan fingerprint density at radius 3 is 2.15 bits per heavy atom. The Bertz CT molecular complexity index is 204. The maximum absolute atomic E-state index is 10.6. The summed E-state index contributed by atoms with van der Waals surface area (Å²) < 4.78 is 0. The molecule has 0 radical (unpaired) electrons. The Kier molecular flexibility index (Phi) is 2.66. The van der Waals surface area contributed by atoms with Crippen LogP contribution in [0.4, 0.5) is 0 Å². The minimum atomic E-state index is -0.777. The van der Waals surface area contributed by atoms with Crippen LogP contribution in [0, 0.1) is 17.8 Å². The van der Waals surface area contributed by atoms with E-state index in [1.54, 1.807) is 0 Å². The molecule has 2 N–H and O–H groups in total. The molecule has 1 fully saturated rings. The van der Waals surface area contributed by atoms with Crippen molar-refractivity contribution >= 4 is 5.97 Å². The number of aliphatic carboxylic acids is 1. The van der Waals surface area contributed by atoms with Crippen LogP contribution in [-0.4, -0.2) is 21.8 Å². The van der Waals surface area contributed by atoms with Gasteiger partial charge in [-0.1, -0.05) is 20.8 Å². The fraction of sp³-hybridized carbons (Fsp3) is 0.900. The van der Waals surface area contributed by atoms with E-state index in [1.165, 1.54) is 0 Å². The number of carbonyl (C=O) groups is 1. The van der Waals surface area contributed by atoms with Gasteiger partial charge >= 0.3 is 5.97 Å². The quantitative estimate of drug-likeness (QED) is 0.702. The second kappa shape index (κ2) is 3.29. The lowest BCUT2D eigenvalue weighted by atomic mass is 9.62. The summed E-state index contributed by atoms with van der Waals surface area (Å²) in [6, 6.07) is 0. The van der Waals surface area contributed by atoms with Gasteiger partial charge in [0.2, 0.25) is 0 Å². The summed E-state index contributed by atoms with van der Waals surface area (Å²) >= 11 is 0. The summed E-state index contributed by atoms with van der Waals surface area (Å²) in [7, 11) is 0. The van der Waals surface area contributed by atoms with Crippen molar-refractivity contribution in [3.8, 4) is 0 Å². The second-order valence-electron chi connectivity index (χ2n) is 4.58. The molecule has 0 heterocycles. The average molecular weight is 186 g/mol. The molecule has 1 rings (SSSR count). The van der Waals surface area contributed by atoms with Crippen LogP contribution in [0.3, 0.4) is 0 Å². The number of aliphatic hydroxyl groups is 1. The van der Waals surface area contributed by atoms with Crippen molar-refractivity contribution in [2.45, 2.75) is 39.2 Å². The van der Waals surface area contributed by atoms with E-state index < -0.39 is 11.6 Å². The van der Waals surface area contributed by atoms with Gasteiger partial charge < -0.3 is 10.2 Å². The first-order valence-electron chi connectivity index (χ1n) is 4.82. The lowest BCUT2D eigenvalue weighted by Crippen LogP contribution is -2.52. The third-order valence-electron chi connectivity index (χ3n) is 3.40. The number of carboxylic acids is 1. The normalized spacial score (nSPS) is 35.6. The molecule has 0 spiro atoms. The SMILES string of the molecule is CC(C)C(C)C1(O)CC(C(=O)O)C1. The third-order valence-corrected chi connectivity index (χ3v) is 3.40. The van der Waals surface area contributed by atoms with Crippen molar-refractivity contribution in [3.05, 3.63) is 0 Å². The molecular weight excluding hydrogens is 168 g/mol. The van der Waals surface area contributed by atoms with Gasteiger partial charge in [-0.3, -0.25) is 4.79 Å². The van der Waals surface area contributed by atoms with Gasteiger partial charge in [0.25, 0.3) is 0 Å². The van der Waals surface area contributed by atoms with Crippen LogP contribution in [0.2, 0.25) is 0 Å². The first kappa shape index (κ1) is 10.5. The lowest BCUT2D eigenvalue weighted by molar-refractivity contribution is -0.168. The molecular formula is C10H18O3. The molecule has 0 bridgehead atoms. The van der Waals surface area contributed by atoms with Crippen LogP contribution in [-0.2, 0) is 4.79 Å². The average Bonchev–Trinajstić information content (AvgIpc) is 1.96. The van der Waals surface area contributed by atoms with Gasteiger partial charge in [-0.25, -0.2) is 0 Å². The molecule has 1 atom stereocenters. The Morgan fingerprint density at radius 2 is 1.85 bits per heavy atom. The summed E-state index contributed by atoms with van der Waals surface area (Å²) in [5.41, 5.74) is -0.725. The van der Waals surface area contributed by atoms with Crippen molar-refractivity contribution in [1.82, 2.24) is 0 Å². The van der Waals surface area contributed by atoms with Crippen molar-refractivity contribution in [2.75, 3.05) is 0 Å². The maximum Gasteiger partial charge on any atom is 0.306 e. The number of hydrogen-bond acceptors (Lipinski definition) is 2. The zero-order valence-electron chi connectivity index (χ0n) is 8.45. The number of hydrogen-bond donors (Lipinski definition) is 2. The largest absolute Gasteiger partial charge is 0.481 e. The highest BCUT2D eigenvalue weighted by atomic mass is 16.4. The molecule has 0 aromatic rings. The summed E-state index contributed by atoms with van der Waals surface area (Å²) in [6.07, 6.45) is 0.837. The van der Waals surface area contributed by atoms with E-state index in [4.69, 9.17) is 5.11 Å². The van der Waals surface area contributed by atoms with E-state index in [0.717, 1.165) is 0 Å². The molecule has 0 aromatic heterocycles. The van der Waals surface area contributed by atoms with Crippen molar-refractivity contribution in [1.29, 1.82) is 0 Å². The highest BCUT2D eigenvalue weighted by Crippen LogP contribution is 2.45. The van der Waals surface area contributed by atoms with Crippen LogP contribution >= 0.6 is 0 Å². The monoisotopic (exact) mass is 186 g/mol. The maximum atomic E-state index is 10.6. The van der Waals surface area contributed by atoms with Gasteiger partial charge in [-0.05, 0) is 24.7 Å². The molecule has 76 valence electrons. The Hall–Kier alpha value is -0.570. The fourth-order valence-electron chi connectivity index (χ4n) is 1.96. The van der Waals surface area contributed by atoms with Crippen LogP contribution < -0.4 is 0 Å². The van der Waals surface area contributed by atoms with Gasteiger partial charge in [-0.2, -0.15) is 0 Å². The molecule has 13 heavy (non-hydrogen) atoms. The Morgan fingerprint density at radius 1 is 1.38 bits per heavy atom. The van der Waals surface area contributed by atoms with Crippen molar-refractivity contribution in [2.24, 2.45) is 17.8 Å². The Labute approximate surface area is 78.8 Å². The van der Waals surface area contributed by atoms with Gasteiger partial charge in [-0.15, -0.1) is 0 Å². The van der Waals surface area contributed by atoms with E-state index >= 15 is 0 Å². The van der Waals surface area contributed by atoms with Gasteiger partial charge in [0, 0.05) is 0 Å². The molecule has 0 aliphatic heterocycles. The molecule has 0 amide bonds. The highest BCUT2D eigenvalue weighted by molar-refractivity contribution is 5.71. The summed E-state index contributed by atoms with van der Waals surface area (Å²) in [4.78, 5) is 10.6. The second-order valence-corrected chi connectivity index (χ2v) is 4.58. The number of rotatable bonds is 3. The van der Waals surface area contributed by atoms with E-state index in [1.807, 2.05) is 6.92 Å². The van der Waals surface area contributed by atoms with E-state index in [0.29, 0.717) is 18.8 Å². The Balaban J connectivity index is 2.50.